The van der Waals surface area contributed by atoms with Gasteiger partial charge in [-0.05, 0) is 36.4 Å². The Bertz CT molecular complexity index is 833. The lowest BCUT2D eigenvalue weighted by molar-refractivity contribution is 0.0600. The monoisotopic (exact) mass is 362 g/mol. The summed E-state index contributed by atoms with van der Waals surface area (Å²) in [6.07, 6.45) is 0. The van der Waals surface area contributed by atoms with Crippen LogP contribution in [-0.4, -0.2) is 40.5 Å². The van der Waals surface area contributed by atoms with Gasteiger partial charge in [-0.1, -0.05) is 18.2 Å². The Morgan fingerprint density at radius 2 is 1.56 bits per heavy atom. The van der Waals surface area contributed by atoms with Crippen molar-refractivity contribution in [1.82, 2.24) is 10.0 Å². The number of carbonyl (C=O) groups excluding carboxylic acids is 2. The molecule has 0 heterocycles. The number of sulfonamides is 1. The molecule has 0 aromatic heterocycles. The minimum absolute atomic E-state index is 0.0227. The molecule has 0 bridgehead atoms. The molecular weight excluding hydrogens is 344 g/mol. The van der Waals surface area contributed by atoms with Crippen LogP contribution in [0.15, 0.2) is 59.5 Å². The third-order valence-electron chi connectivity index (χ3n) is 3.32. The molecule has 25 heavy (non-hydrogen) atoms. The first-order valence-corrected chi connectivity index (χ1v) is 8.93. The largest absolute Gasteiger partial charge is 0.465 e. The standard InChI is InChI=1S/C17H18N2O5S/c1-24-17(21)14-7-9-15(10-8-14)25(22,23)19-12-11-18-16(20)13-5-3-2-4-6-13/h2-10,19H,11-12H2,1H3,(H,18,20). The second-order valence-corrected chi connectivity index (χ2v) is 6.80. The van der Waals surface area contributed by atoms with E-state index in [0.29, 0.717) is 5.56 Å². The number of esters is 1. The van der Waals surface area contributed by atoms with Gasteiger partial charge in [0.05, 0.1) is 17.6 Å². The first-order chi connectivity index (χ1) is 11.9. The first kappa shape index (κ1) is 18.6. The van der Waals surface area contributed by atoms with Crippen molar-refractivity contribution < 1.29 is 22.7 Å². The summed E-state index contributed by atoms with van der Waals surface area (Å²) < 4.78 is 31.3. The van der Waals surface area contributed by atoms with Gasteiger partial charge in [0.25, 0.3) is 5.91 Å². The summed E-state index contributed by atoms with van der Waals surface area (Å²) in [7, 11) is -2.48. The fourth-order valence-corrected chi connectivity index (χ4v) is 3.06. The van der Waals surface area contributed by atoms with Crippen molar-refractivity contribution in [2.24, 2.45) is 0 Å². The minimum atomic E-state index is -3.73. The van der Waals surface area contributed by atoms with Crippen molar-refractivity contribution in [3.05, 3.63) is 65.7 Å². The van der Waals surface area contributed by atoms with Gasteiger partial charge in [0, 0.05) is 18.7 Å². The third-order valence-corrected chi connectivity index (χ3v) is 4.80. The number of hydrogen-bond acceptors (Lipinski definition) is 5. The number of hydrogen-bond donors (Lipinski definition) is 2. The van der Waals surface area contributed by atoms with E-state index in [1.165, 1.54) is 31.4 Å². The SMILES string of the molecule is COC(=O)c1ccc(S(=O)(=O)NCCNC(=O)c2ccccc2)cc1. The van der Waals surface area contributed by atoms with Gasteiger partial charge in [-0.15, -0.1) is 0 Å². The molecule has 2 aromatic rings. The Morgan fingerprint density at radius 3 is 2.16 bits per heavy atom. The van der Waals surface area contributed by atoms with Crippen LogP contribution in [0.25, 0.3) is 0 Å². The molecule has 0 radical (unpaired) electrons. The Labute approximate surface area is 146 Å². The fraction of sp³-hybridized carbons (Fsp3) is 0.176. The van der Waals surface area contributed by atoms with Crippen molar-refractivity contribution in [2.45, 2.75) is 4.90 Å². The van der Waals surface area contributed by atoms with Crippen LogP contribution in [0.2, 0.25) is 0 Å². The van der Waals surface area contributed by atoms with Crippen LogP contribution in [0.4, 0.5) is 0 Å². The molecule has 8 heteroatoms. The summed E-state index contributed by atoms with van der Waals surface area (Å²) in [5, 5.41) is 2.63. The van der Waals surface area contributed by atoms with Crippen LogP contribution >= 0.6 is 0 Å². The van der Waals surface area contributed by atoms with Gasteiger partial charge in [0.15, 0.2) is 0 Å². The summed E-state index contributed by atoms with van der Waals surface area (Å²) in [6.45, 7) is 0.187. The van der Waals surface area contributed by atoms with E-state index >= 15 is 0 Å². The Kier molecular flexibility index (Phi) is 6.26. The number of rotatable bonds is 7. The van der Waals surface area contributed by atoms with E-state index in [1.54, 1.807) is 30.3 Å². The third kappa shape index (κ3) is 5.13. The first-order valence-electron chi connectivity index (χ1n) is 7.45. The van der Waals surface area contributed by atoms with Gasteiger partial charge in [-0.2, -0.15) is 0 Å². The molecular formula is C17H18N2O5S. The van der Waals surface area contributed by atoms with Gasteiger partial charge in [0.1, 0.15) is 0 Å². The molecule has 2 rings (SSSR count). The molecule has 0 atom stereocenters. The van der Waals surface area contributed by atoms with Crippen molar-refractivity contribution in [1.29, 1.82) is 0 Å². The summed E-state index contributed by atoms with van der Waals surface area (Å²) in [4.78, 5) is 23.2. The predicted octanol–water partition coefficient (Wildman–Crippen LogP) is 1.18. The summed E-state index contributed by atoms with van der Waals surface area (Å²) in [6, 6.07) is 14.0. The highest BCUT2D eigenvalue weighted by atomic mass is 32.2. The van der Waals surface area contributed by atoms with Crippen molar-refractivity contribution >= 4 is 21.9 Å². The number of amides is 1. The Hall–Kier alpha value is -2.71. The molecule has 0 saturated carbocycles. The number of nitrogens with one attached hydrogen (secondary N) is 2. The van der Waals surface area contributed by atoms with Gasteiger partial charge in [-0.25, -0.2) is 17.9 Å². The molecule has 0 spiro atoms. The van der Waals surface area contributed by atoms with Gasteiger partial charge in [-0.3, -0.25) is 4.79 Å². The lowest BCUT2D eigenvalue weighted by atomic mass is 10.2. The van der Waals surface area contributed by atoms with Crippen LogP contribution in [0.5, 0.6) is 0 Å². The lowest BCUT2D eigenvalue weighted by Gasteiger charge is -2.08. The molecule has 1 amide bonds. The number of methoxy groups -OCH3 is 1. The fourth-order valence-electron chi connectivity index (χ4n) is 2.02. The van der Waals surface area contributed by atoms with Gasteiger partial charge < -0.3 is 10.1 Å². The number of ether oxygens (including phenoxy) is 1. The maximum atomic E-state index is 12.2. The highest BCUT2D eigenvalue weighted by Gasteiger charge is 2.15. The molecule has 0 aliphatic carbocycles. The molecule has 7 nitrogen and oxygen atoms in total. The average Bonchev–Trinajstić information content (AvgIpc) is 2.65. The second-order valence-electron chi connectivity index (χ2n) is 5.04. The van der Waals surface area contributed by atoms with E-state index < -0.39 is 16.0 Å². The molecule has 2 N–H and O–H groups in total. The molecule has 132 valence electrons. The Balaban J connectivity index is 1.87. The zero-order valence-corrected chi connectivity index (χ0v) is 14.4. The quantitative estimate of drug-likeness (QED) is 0.569. The van der Waals surface area contributed by atoms with E-state index in [4.69, 9.17) is 0 Å². The van der Waals surface area contributed by atoms with E-state index in [-0.39, 0.29) is 29.5 Å². The smallest absolute Gasteiger partial charge is 0.337 e. The number of benzene rings is 2. The molecule has 0 aliphatic rings. The molecule has 0 fully saturated rings. The predicted molar refractivity (Wildman–Crippen MR) is 91.7 cm³/mol. The topological polar surface area (TPSA) is 102 Å². The lowest BCUT2D eigenvalue weighted by Crippen LogP contribution is -2.34. The van der Waals surface area contributed by atoms with E-state index in [2.05, 4.69) is 14.8 Å². The average molecular weight is 362 g/mol. The molecule has 0 saturated heterocycles. The highest BCUT2D eigenvalue weighted by molar-refractivity contribution is 7.89. The zero-order chi connectivity index (χ0) is 18.3. The second kappa shape index (κ2) is 8.41. The minimum Gasteiger partial charge on any atom is -0.465 e. The van der Waals surface area contributed by atoms with Crippen molar-refractivity contribution in [2.75, 3.05) is 20.2 Å². The number of carbonyl (C=O) groups is 2. The normalized spacial score (nSPS) is 10.9. The van der Waals surface area contributed by atoms with E-state index in [1.807, 2.05) is 0 Å². The summed E-state index contributed by atoms with van der Waals surface area (Å²) >= 11 is 0. The maximum Gasteiger partial charge on any atom is 0.337 e. The van der Waals surface area contributed by atoms with Crippen LogP contribution in [-0.2, 0) is 14.8 Å². The summed E-state index contributed by atoms with van der Waals surface area (Å²) in [5.74, 6) is -0.817. The summed E-state index contributed by atoms with van der Waals surface area (Å²) in [5.41, 5.74) is 0.764. The van der Waals surface area contributed by atoms with Crippen LogP contribution in [0, 0.1) is 0 Å². The van der Waals surface area contributed by atoms with Crippen molar-refractivity contribution in [3.63, 3.8) is 0 Å². The van der Waals surface area contributed by atoms with Crippen LogP contribution in [0.1, 0.15) is 20.7 Å². The molecule has 0 aliphatic heterocycles. The van der Waals surface area contributed by atoms with Crippen LogP contribution in [0.3, 0.4) is 0 Å². The molecule has 2 aromatic carbocycles. The van der Waals surface area contributed by atoms with E-state index in [9.17, 15) is 18.0 Å². The van der Waals surface area contributed by atoms with Gasteiger partial charge >= 0.3 is 5.97 Å². The highest BCUT2D eigenvalue weighted by Crippen LogP contribution is 2.11. The van der Waals surface area contributed by atoms with Crippen LogP contribution < -0.4 is 10.0 Å². The van der Waals surface area contributed by atoms with E-state index in [0.717, 1.165) is 0 Å². The van der Waals surface area contributed by atoms with Gasteiger partial charge in [0.2, 0.25) is 10.0 Å². The molecule has 0 unspecified atom stereocenters. The Morgan fingerprint density at radius 1 is 0.920 bits per heavy atom. The maximum absolute atomic E-state index is 12.2. The van der Waals surface area contributed by atoms with Crippen molar-refractivity contribution in [3.8, 4) is 0 Å². The zero-order valence-electron chi connectivity index (χ0n) is 13.6.